The Bertz CT molecular complexity index is 903. The molecule has 1 atom stereocenters. The summed E-state index contributed by atoms with van der Waals surface area (Å²) in [7, 11) is -3.22. The lowest BCUT2D eigenvalue weighted by molar-refractivity contribution is -0.117. The van der Waals surface area contributed by atoms with Crippen molar-refractivity contribution in [2.75, 3.05) is 12.1 Å². The van der Waals surface area contributed by atoms with E-state index in [1.54, 1.807) is 6.08 Å². The van der Waals surface area contributed by atoms with Gasteiger partial charge in [-0.2, -0.15) is 0 Å². The molecule has 1 aromatic carbocycles. The minimum Gasteiger partial charge on any atom is -0.440 e. The molecule has 1 N–H and O–H groups in total. The van der Waals surface area contributed by atoms with Crippen LogP contribution in [-0.4, -0.2) is 43.4 Å². The number of para-hydroxylation sites is 1. The Hall–Kier alpha value is -1.93. The maximum Gasteiger partial charge on any atom is 0.263 e. The summed E-state index contributed by atoms with van der Waals surface area (Å²) in [6, 6.07) is 9.63. The Morgan fingerprint density at radius 3 is 2.57 bits per heavy atom. The van der Waals surface area contributed by atoms with E-state index in [0.29, 0.717) is 34.4 Å². The van der Waals surface area contributed by atoms with Gasteiger partial charge in [-0.3, -0.25) is 4.79 Å². The lowest BCUT2D eigenvalue weighted by atomic mass is 10.2. The second-order valence-electron chi connectivity index (χ2n) is 7.52. The highest BCUT2D eigenvalue weighted by Gasteiger charge is 2.40. The quantitative estimate of drug-likeness (QED) is 0.697. The van der Waals surface area contributed by atoms with Gasteiger partial charge in [0.1, 0.15) is 10.7 Å². The zero-order valence-corrected chi connectivity index (χ0v) is 17.3. The van der Waals surface area contributed by atoms with Crippen LogP contribution in [0.2, 0.25) is 0 Å². The van der Waals surface area contributed by atoms with Gasteiger partial charge in [0.2, 0.25) is 5.88 Å². The van der Waals surface area contributed by atoms with Gasteiger partial charge in [-0.1, -0.05) is 36.0 Å². The van der Waals surface area contributed by atoms with Crippen molar-refractivity contribution in [3.05, 3.63) is 52.6 Å². The monoisotopic (exact) mass is 420 g/mol. The first-order valence-electron chi connectivity index (χ1n) is 9.46. The minimum absolute atomic E-state index is 0.200. The average Bonchev–Trinajstić information content (AvgIpc) is 3.57. The van der Waals surface area contributed by atoms with E-state index in [0.717, 1.165) is 31.9 Å². The molecule has 2 fully saturated rings. The number of nitrogens with one attached hydrogen (secondary N) is 1. The topological polar surface area (TPSA) is 75.7 Å². The van der Waals surface area contributed by atoms with Gasteiger partial charge in [0, 0.05) is 17.7 Å². The average molecular weight is 421 g/mol. The highest BCUT2D eigenvalue weighted by molar-refractivity contribution is 8.04. The first-order chi connectivity index (χ1) is 13.4. The predicted molar refractivity (Wildman–Crippen MR) is 110 cm³/mol. The molecule has 2 saturated carbocycles. The number of thioether (sulfide) groups is 1. The molecule has 2 aliphatic carbocycles. The van der Waals surface area contributed by atoms with Crippen LogP contribution in [0.25, 0.3) is 0 Å². The van der Waals surface area contributed by atoms with E-state index < -0.39 is 9.84 Å². The highest BCUT2D eigenvalue weighted by Crippen LogP contribution is 2.41. The largest absolute Gasteiger partial charge is 0.440 e. The van der Waals surface area contributed by atoms with Crippen LogP contribution in [0, 0.1) is 5.92 Å². The van der Waals surface area contributed by atoms with Gasteiger partial charge in [-0.15, -0.1) is 0 Å². The summed E-state index contributed by atoms with van der Waals surface area (Å²) in [4.78, 5) is 15.7. The first-order valence-corrected chi connectivity index (χ1v) is 12.4. The van der Waals surface area contributed by atoms with E-state index in [-0.39, 0.29) is 11.9 Å². The van der Waals surface area contributed by atoms with Crippen molar-refractivity contribution >= 4 is 27.5 Å². The van der Waals surface area contributed by atoms with E-state index in [9.17, 15) is 13.2 Å². The Labute approximate surface area is 169 Å². The molecule has 8 heteroatoms. The first kappa shape index (κ1) is 19.4. The number of carbonyl (C=O) groups is 1. The molecule has 0 saturated heterocycles. The molecule has 3 aliphatic rings. The lowest BCUT2D eigenvalue weighted by Gasteiger charge is -2.21. The molecule has 4 rings (SSSR count). The zero-order valence-electron chi connectivity index (χ0n) is 15.7. The van der Waals surface area contributed by atoms with Crippen molar-refractivity contribution in [1.29, 1.82) is 0 Å². The Balaban J connectivity index is 1.55. The van der Waals surface area contributed by atoms with Crippen LogP contribution in [0.5, 0.6) is 5.75 Å². The van der Waals surface area contributed by atoms with Crippen LogP contribution in [0.15, 0.2) is 52.6 Å². The Kier molecular flexibility index (Phi) is 5.42. The van der Waals surface area contributed by atoms with Crippen molar-refractivity contribution in [1.82, 2.24) is 10.2 Å². The molecule has 0 aromatic heterocycles. The summed E-state index contributed by atoms with van der Waals surface area (Å²) in [6.45, 7) is 0. The van der Waals surface area contributed by atoms with Crippen molar-refractivity contribution in [2.24, 2.45) is 5.92 Å². The smallest absolute Gasteiger partial charge is 0.263 e. The van der Waals surface area contributed by atoms with Crippen molar-refractivity contribution in [3.8, 4) is 5.75 Å². The van der Waals surface area contributed by atoms with Crippen LogP contribution < -0.4 is 10.1 Å². The fourth-order valence-electron chi connectivity index (χ4n) is 3.13. The number of sulfone groups is 1. The molecule has 0 radical (unpaired) electrons. The van der Waals surface area contributed by atoms with Crippen LogP contribution in [0.1, 0.15) is 25.7 Å². The molecule has 150 valence electrons. The van der Waals surface area contributed by atoms with E-state index in [1.165, 1.54) is 17.2 Å². The third-order valence-corrected chi connectivity index (χ3v) is 6.62. The summed E-state index contributed by atoms with van der Waals surface area (Å²) >= 11 is 1.48. The molecule has 0 spiro atoms. The SMILES string of the molecule is CS(=O)(=O)/C=C/[C@@H](NC(=O)C1=C(Oc2ccccc2)N(C2CC2)CS1)C1CC1. The fraction of sp³-hybridized carbons (Fsp3) is 0.450. The molecule has 1 aromatic rings. The number of amides is 1. The second kappa shape index (κ2) is 7.83. The summed E-state index contributed by atoms with van der Waals surface area (Å²) in [5.41, 5.74) is 0. The van der Waals surface area contributed by atoms with E-state index in [1.807, 2.05) is 30.3 Å². The number of carbonyl (C=O) groups excluding carboxylic acids is 1. The molecule has 6 nitrogen and oxygen atoms in total. The summed E-state index contributed by atoms with van der Waals surface area (Å²) in [6.07, 6.45) is 6.96. The van der Waals surface area contributed by atoms with Crippen LogP contribution in [0.3, 0.4) is 0 Å². The molecule has 0 unspecified atom stereocenters. The molecular formula is C20H24N2O4S2. The van der Waals surface area contributed by atoms with Crippen LogP contribution in [0.4, 0.5) is 0 Å². The molecule has 1 amide bonds. The number of hydrogen-bond donors (Lipinski definition) is 1. The zero-order chi connectivity index (χ0) is 19.7. The second-order valence-corrected chi connectivity index (χ2v) is 10.4. The van der Waals surface area contributed by atoms with Gasteiger partial charge < -0.3 is 15.0 Å². The van der Waals surface area contributed by atoms with Crippen LogP contribution in [-0.2, 0) is 14.6 Å². The predicted octanol–water partition coefficient (Wildman–Crippen LogP) is 2.86. The number of rotatable bonds is 8. The maximum absolute atomic E-state index is 13.0. The summed E-state index contributed by atoms with van der Waals surface area (Å²) < 4.78 is 29.0. The third kappa shape index (κ3) is 4.91. The molecule has 1 aliphatic heterocycles. The number of nitrogens with zero attached hydrogens (tertiary/aromatic N) is 1. The summed E-state index contributed by atoms with van der Waals surface area (Å²) in [5, 5.41) is 4.20. The normalized spacial score (nSPS) is 21.2. The minimum atomic E-state index is -3.22. The van der Waals surface area contributed by atoms with Gasteiger partial charge in [0.15, 0.2) is 9.84 Å². The van der Waals surface area contributed by atoms with Gasteiger partial charge in [-0.05, 0) is 43.7 Å². The lowest BCUT2D eigenvalue weighted by Crippen LogP contribution is -2.36. The van der Waals surface area contributed by atoms with E-state index >= 15 is 0 Å². The van der Waals surface area contributed by atoms with Crippen LogP contribution >= 0.6 is 11.8 Å². The molecule has 0 bridgehead atoms. The Morgan fingerprint density at radius 2 is 1.96 bits per heavy atom. The highest BCUT2D eigenvalue weighted by atomic mass is 32.2. The van der Waals surface area contributed by atoms with Crippen molar-refractivity contribution in [3.63, 3.8) is 0 Å². The van der Waals surface area contributed by atoms with Crippen molar-refractivity contribution < 1.29 is 17.9 Å². The fourth-order valence-corrected chi connectivity index (χ4v) is 4.66. The Morgan fingerprint density at radius 1 is 1.25 bits per heavy atom. The van der Waals surface area contributed by atoms with Gasteiger partial charge >= 0.3 is 0 Å². The molecule has 28 heavy (non-hydrogen) atoms. The molecule has 1 heterocycles. The maximum atomic E-state index is 13.0. The molecular weight excluding hydrogens is 396 g/mol. The third-order valence-electron chi connectivity index (χ3n) is 4.92. The van der Waals surface area contributed by atoms with Gasteiger partial charge in [0.25, 0.3) is 5.91 Å². The number of benzene rings is 1. The number of ether oxygens (including phenoxy) is 1. The van der Waals surface area contributed by atoms with E-state index in [2.05, 4.69) is 10.2 Å². The van der Waals surface area contributed by atoms with Crippen molar-refractivity contribution in [2.45, 2.75) is 37.8 Å². The van der Waals surface area contributed by atoms with E-state index in [4.69, 9.17) is 4.74 Å². The summed E-state index contributed by atoms with van der Waals surface area (Å²) in [5.74, 6) is 2.11. The van der Waals surface area contributed by atoms with Gasteiger partial charge in [-0.25, -0.2) is 8.42 Å². The van der Waals surface area contributed by atoms with Gasteiger partial charge in [0.05, 0.1) is 11.9 Å². The standard InChI is InChI=1S/C20H24N2O4S2/c1-28(24,25)12-11-17(14-7-8-14)21-19(23)18-20(22(13-27-18)15-9-10-15)26-16-5-3-2-4-6-16/h2-6,11-12,14-15,17H,7-10,13H2,1H3,(H,21,23)/b12-11+/t17-/m1/s1. The number of hydrogen-bond acceptors (Lipinski definition) is 6.